The lowest BCUT2D eigenvalue weighted by Gasteiger charge is -2.36. The predicted octanol–water partition coefficient (Wildman–Crippen LogP) is 0.972. The van der Waals surface area contributed by atoms with Gasteiger partial charge in [-0.25, -0.2) is 9.97 Å². The van der Waals surface area contributed by atoms with E-state index in [1.165, 1.54) is 0 Å². The molecular formula is C14H25N5. The molecule has 19 heavy (non-hydrogen) atoms. The van der Waals surface area contributed by atoms with Gasteiger partial charge in [0.2, 0.25) is 5.95 Å². The van der Waals surface area contributed by atoms with Crippen LogP contribution in [0.1, 0.15) is 20.3 Å². The molecule has 1 aromatic rings. The molecule has 5 heteroatoms. The molecule has 0 aromatic carbocycles. The van der Waals surface area contributed by atoms with Crippen LogP contribution in [0.15, 0.2) is 18.5 Å². The predicted molar refractivity (Wildman–Crippen MR) is 78.1 cm³/mol. The average molecular weight is 263 g/mol. The van der Waals surface area contributed by atoms with E-state index in [1.54, 1.807) is 12.4 Å². The van der Waals surface area contributed by atoms with Gasteiger partial charge in [0.05, 0.1) is 0 Å². The SMILES string of the molecule is CCC(C)[C@H](N)CN1CCN(c2ncccn2)CC1. The lowest BCUT2D eigenvalue weighted by molar-refractivity contribution is 0.220. The van der Waals surface area contributed by atoms with Crippen molar-refractivity contribution in [2.24, 2.45) is 11.7 Å². The smallest absolute Gasteiger partial charge is 0.225 e. The van der Waals surface area contributed by atoms with Crippen molar-refractivity contribution in [3.63, 3.8) is 0 Å². The Morgan fingerprint density at radius 2 is 1.84 bits per heavy atom. The lowest BCUT2D eigenvalue weighted by atomic mass is 9.99. The summed E-state index contributed by atoms with van der Waals surface area (Å²) in [4.78, 5) is 13.3. The van der Waals surface area contributed by atoms with Gasteiger partial charge in [-0.1, -0.05) is 20.3 Å². The average Bonchev–Trinajstić information content (AvgIpc) is 2.48. The molecule has 0 amide bonds. The molecule has 2 rings (SSSR count). The third-order valence-corrected chi connectivity index (χ3v) is 4.05. The van der Waals surface area contributed by atoms with Crippen LogP contribution in [0.25, 0.3) is 0 Å². The summed E-state index contributed by atoms with van der Waals surface area (Å²) in [6.07, 6.45) is 4.75. The highest BCUT2D eigenvalue weighted by atomic mass is 15.3. The van der Waals surface area contributed by atoms with Crippen LogP contribution in [0.3, 0.4) is 0 Å². The van der Waals surface area contributed by atoms with E-state index in [0.717, 1.165) is 45.1 Å². The minimum Gasteiger partial charge on any atom is -0.338 e. The number of hydrogen-bond acceptors (Lipinski definition) is 5. The summed E-state index contributed by atoms with van der Waals surface area (Å²) >= 11 is 0. The molecule has 2 N–H and O–H groups in total. The van der Waals surface area contributed by atoms with Gasteiger partial charge >= 0.3 is 0 Å². The van der Waals surface area contributed by atoms with E-state index in [1.807, 2.05) is 6.07 Å². The van der Waals surface area contributed by atoms with Crippen LogP contribution in [-0.2, 0) is 0 Å². The molecule has 5 nitrogen and oxygen atoms in total. The van der Waals surface area contributed by atoms with E-state index < -0.39 is 0 Å². The first-order valence-corrected chi connectivity index (χ1v) is 7.20. The van der Waals surface area contributed by atoms with Gasteiger partial charge in [-0.05, 0) is 12.0 Å². The van der Waals surface area contributed by atoms with Gasteiger partial charge < -0.3 is 10.6 Å². The van der Waals surface area contributed by atoms with Crippen LogP contribution in [-0.4, -0.2) is 53.6 Å². The van der Waals surface area contributed by atoms with Gasteiger partial charge in [-0.2, -0.15) is 0 Å². The van der Waals surface area contributed by atoms with E-state index >= 15 is 0 Å². The monoisotopic (exact) mass is 263 g/mol. The van der Waals surface area contributed by atoms with E-state index in [0.29, 0.717) is 5.92 Å². The second kappa shape index (κ2) is 6.82. The zero-order chi connectivity index (χ0) is 13.7. The second-order valence-electron chi connectivity index (χ2n) is 5.39. The molecule has 1 unspecified atom stereocenters. The Balaban J connectivity index is 1.80. The molecule has 1 aromatic heterocycles. The van der Waals surface area contributed by atoms with Gasteiger partial charge in [0.15, 0.2) is 0 Å². The Labute approximate surface area is 115 Å². The Bertz CT molecular complexity index is 361. The van der Waals surface area contributed by atoms with Crippen LogP contribution in [0, 0.1) is 5.92 Å². The second-order valence-corrected chi connectivity index (χ2v) is 5.39. The minimum atomic E-state index is 0.282. The molecule has 2 heterocycles. The molecule has 1 saturated heterocycles. The van der Waals surface area contributed by atoms with Crippen LogP contribution in [0.2, 0.25) is 0 Å². The standard InChI is InChI=1S/C14H25N5/c1-3-12(2)13(15)11-18-7-9-19(10-8-18)14-16-5-4-6-17-14/h4-6,12-13H,3,7-11,15H2,1-2H3/t12?,13-/m1/s1. The van der Waals surface area contributed by atoms with Crippen molar-refractivity contribution in [1.29, 1.82) is 0 Å². The molecule has 1 aliphatic rings. The maximum atomic E-state index is 6.22. The van der Waals surface area contributed by atoms with Crippen LogP contribution in [0.4, 0.5) is 5.95 Å². The third kappa shape index (κ3) is 3.88. The molecule has 0 aliphatic carbocycles. The highest BCUT2D eigenvalue weighted by Crippen LogP contribution is 2.12. The van der Waals surface area contributed by atoms with Crippen molar-refractivity contribution in [2.45, 2.75) is 26.3 Å². The summed E-state index contributed by atoms with van der Waals surface area (Å²) in [6, 6.07) is 2.13. The zero-order valence-electron chi connectivity index (χ0n) is 12.0. The third-order valence-electron chi connectivity index (χ3n) is 4.05. The van der Waals surface area contributed by atoms with E-state index in [2.05, 4.69) is 33.6 Å². The fourth-order valence-electron chi connectivity index (χ4n) is 2.37. The summed E-state index contributed by atoms with van der Waals surface area (Å²) in [5.41, 5.74) is 6.22. The van der Waals surface area contributed by atoms with E-state index in [4.69, 9.17) is 5.73 Å². The minimum absolute atomic E-state index is 0.282. The van der Waals surface area contributed by atoms with Gasteiger partial charge in [-0.15, -0.1) is 0 Å². The fraction of sp³-hybridized carbons (Fsp3) is 0.714. The Morgan fingerprint density at radius 1 is 1.21 bits per heavy atom. The first-order chi connectivity index (χ1) is 9.20. The van der Waals surface area contributed by atoms with Crippen molar-refractivity contribution in [1.82, 2.24) is 14.9 Å². The molecule has 0 saturated carbocycles. The summed E-state index contributed by atoms with van der Waals surface area (Å²) in [7, 11) is 0. The van der Waals surface area contributed by atoms with E-state index in [-0.39, 0.29) is 6.04 Å². The molecular weight excluding hydrogens is 238 g/mol. The summed E-state index contributed by atoms with van der Waals surface area (Å²) < 4.78 is 0. The molecule has 1 aliphatic heterocycles. The number of hydrogen-bond donors (Lipinski definition) is 1. The topological polar surface area (TPSA) is 58.3 Å². The Hall–Kier alpha value is -1.20. The maximum absolute atomic E-state index is 6.22. The van der Waals surface area contributed by atoms with Crippen molar-refractivity contribution in [2.75, 3.05) is 37.6 Å². The first kappa shape index (κ1) is 14.2. The zero-order valence-corrected chi connectivity index (χ0v) is 12.0. The molecule has 2 atom stereocenters. The van der Waals surface area contributed by atoms with Gasteiger partial charge in [0.1, 0.15) is 0 Å². The molecule has 0 bridgehead atoms. The van der Waals surface area contributed by atoms with Crippen molar-refractivity contribution < 1.29 is 0 Å². The highest BCUT2D eigenvalue weighted by Gasteiger charge is 2.21. The molecule has 0 spiro atoms. The number of rotatable bonds is 5. The first-order valence-electron chi connectivity index (χ1n) is 7.20. The quantitative estimate of drug-likeness (QED) is 0.858. The molecule has 1 fully saturated rings. The van der Waals surface area contributed by atoms with Crippen molar-refractivity contribution in [3.05, 3.63) is 18.5 Å². The normalized spacial score (nSPS) is 20.3. The van der Waals surface area contributed by atoms with Crippen molar-refractivity contribution in [3.8, 4) is 0 Å². The Morgan fingerprint density at radius 3 is 2.42 bits per heavy atom. The maximum Gasteiger partial charge on any atom is 0.225 e. The van der Waals surface area contributed by atoms with Gasteiger partial charge in [0.25, 0.3) is 0 Å². The summed E-state index contributed by atoms with van der Waals surface area (Å²) in [5, 5.41) is 0. The number of piperazine rings is 1. The van der Waals surface area contributed by atoms with Gasteiger partial charge in [-0.3, -0.25) is 4.90 Å². The van der Waals surface area contributed by atoms with Crippen LogP contribution < -0.4 is 10.6 Å². The largest absolute Gasteiger partial charge is 0.338 e. The van der Waals surface area contributed by atoms with Crippen LogP contribution in [0.5, 0.6) is 0 Å². The van der Waals surface area contributed by atoms with Gasteiger partial charge in [0, 0.05) is 51.2 Å². The number of nitrogens with zero attached hydrogens (tertiary/aromatic N) is 4. The highest BCUT2D eigenvalue weighted by molar-refractivity contribution is 5.29. The Kier molecular flexibility index (Phi) is 5.10. The van der Waals surface area contributed by atoms with Crippen molar-refractivity contribution >= 4 is 5.95 Å². The number of aromatic nitrogens is 2. The summed E-state index contributed by atoms with van der Waals surface area (Å²) in [6.45, 7) is 9.49. The summed E-state index contributed by atoms with van der Waals surface area (Å²) in [5.74, 6) is 1.43. The van der Waals surface area contributed by atoms with Crippen LogP contribution >= 0.6 is 0 Å². The van der Waals surface area contributed by atoms with E-state index in [9.17, 15) is 0 Å². The number of anilines is 1. The molecule has 0 radical (unpaired) electrons. The lowest BCUT2D eigenvalue weighted by Crippen LogP contribution is -2.51. The fourth-order valence-corrected chi connectivity index (χ4v) is 2.37. The molecule has 106 valence electrons. The number of nitrogens with two attached hydrogens (primary N) is 1.